The Morgan fingerprint density at radius 3 is 2.86 bits per heavy atom. The van der Waals surface area contributed by atoms with Crippen molar-refractivity contribution in [1.82, 2.24) is 20.4 Å². The molecule has 1 saturated heterocycles. The van der Waals surface area contributed by atoms with E-state index in [4.69, 9.17) is 4.52 Å². The van der Waals surface area contributed by atoms with E-state index in [1.807, 2.05) is 20.8 Å². The van der Waals surface area contributed by atoms with E-state index in [9.17, 15) is 4.79 Å². The fraction of sp³-hybridized carbons (Fsp3) is 0.812. The number of hydrogen-bond acceptors (Lipinski definition) is 5. The van der Waals surface area contributed by atoms with Gasteiger partial charge in [-0.15, -0.1) is 0 Å². The summed E-state index contributed by atoms with van der Waals surface area (Å²) in [5.74, 6) is 1.28. The highest BCUT2D eigenvalue weighted by molar-refractivity contribution is 5.76. The number of nitrogens with zero attached hydrogens (tertiary/aromatic N) is 3. The van der Waals surface area contributed by atoms with Gasteiger partial charge in [-0.25, -0.2) is 0 Å². The third-order valence-electron chi connectivity index (χ3n) is 4.14. The molecule has 22 heavy (non-hydrogen) atoms. The molecule has 1 aliphatic rings. The predicted molar refractivity (Wildman–Crippen MR) is 84.6 cm³/mol. The largest absolute Gasteiger partial charge is 0.355 e. The van der Waals surface area contributed by atoms with Crippen molar-refractivity contribution in [3.8, 4) is 0 Å². The summed E-state index contributed by atoms with van der Waals surface area (Å²) in [4.78, 5) is 18.7. The maximum absolute atomic E-state index is 12.0. The van der Waals surface area contributed by atoms with Crippen molar-refractivity contribution in [2.45, 2.75) is 64.8 Å². The van der Waals surface area contributed by atoms with E-state index in [1.54, 1.807) is 0 Å². The Kier molecular flexibility index (Phi) is 5.56. The first-order valence-corrected chi connectivity index (χ1v) is 8.24. The molecule has 6 nitrogen and oxygen atoms in total. The lowest BCUT2D eigenvalue weighted by atomic mass is 9.96. The number of amides is 1. The Hall–Kier alpha value is -1.43. The Morgan fingerprint density at radius 1 is 1.45 bits per heavy atom. The third-order valence-corrected chi connectivity index (χ3v) is 4.14. The molecule has 0 aromatic carbocycles. The minimum absolute atomic E-state index is 0.0541. The first-order chi connectivity index (χ1) is 10.4. The van der Waals surface area contributed by atoms with Crippen LogP contribution in [0.4, 0.5) is 0 Å². The molecule has 0 unspecified atom stereocenters. The third kappa shape index (κ3) is 4.53. The second-order valence-electron chi connectivity index (χ2n) is 6.99. The molecule has 0 radical (unpaired) electrons. The molecule has 2 heterocycles. The topological polar surface area (TPSA) is 71.3 Å². The second-order valence-corrected chi connectivity index (χ2v) is 6.99. The van der Waals surface area contributed by atoms with Crippen LogP contribution in [0.15, 0.2) is 4.52 Å². The summed E-state index contributed by atoms with van der Waals surface area (Å²) in [6.07, 6.45) is 3.29. The van der Waals surface area contributed by atoms with Crippen molar-refractivity contribution < 1.29 is 9.32 Å². The molecule has 1 aromatic rings. The molecule has 0 aliphatic carbocycles. The highest BCUT2D eigenvalue weighted by atomic mass is 16.5. The lowest BCUT2D eigenvalue weighted by molar-refractivity contribution is -0.121. The van der Waals surface area contributed by atoms with Crippen molar-refractivity contribution in [2.75, 3.05) is 19.6 Å². The van der Waals surface area contributed by atoms with E-state index in [-0.39, 0.29) is 11.3 Å². The van der Waals surface area contributed by atoms with Crippen molar-refractivity contribution >= 4 is 5.91 Å². The van der Waals surface area contributed by atoms with E-state index < -0.39 is 0 Å². The van der Waals surface area contributed by atoms with Crippen LogP contribution in [0.5, 0.6) is 0 Å². The van der Waals surface area contributed by atoms with Crippen LogP contribution in [0, 0.1) is 0 Å². The number of carbonyl (C=O) groups excluding carboxylic acids is 1. The number of hydrogen-bond donors (Lipinski definition) is 1. The van der Waals surface area contributed by atoms with E-state index in [0.717, 1.165) is 19.6 Å². The summed E-state index contributed by atoms with van der Waals surface area (Å²) in [6, 6.07) is 0.491. The highest BCUT2D eigenvalue weighted by Crippen LogP contribution is 2.19. The van der Waals surface area contributed by atoms with Gasteiger partial charge < -0.3 is 9.84 Å². The van der Waals surface area contributed by atoms with Crippen molar-refractivity contribution in [3.63, 3.8) is 0 Å². The van der Waals surface area contributed by atoms with Crippen LogP contribution in [-0.4, -0.2) is 46.6 Å². The van der Waals surface area contributed by atoms with Gasteiger partial charge in [-0.05, 0) is 25.9 Å². The fourth-order valence-electron chi connectivity index (χ4n) is 2.74. The standard InChI is InChI=1S/C16H28N4O2/c1-5-20-10-6-7-12(20)11-17-13(21)8-9-14-18-15(19-22-14)16(2,3)4/h12H,5-11H2,1-4H3,(H,17,21)/t12-/m1/s1. The van der Waals surface area contributed by atoms with Gasteiger partial charge in [-0.1, -0.05) is 32.9 Å². The first-order valence-electron chi connectivity index (χ1n) is 8.24. The molecule has 1 atom stereocenters. The van der Waals surface area contributed by atoms with Crippen LogP contribution < -0.4 is 5.32 Å². The molecular weight excluding hydrogens is 280 g/mol. The molecule has 2 rings (SSSR count). The molecule has 1 aliphatic heterocycles. The minimum atomic E-state index is -0.129. The Bertz CT molecular complexity index is 493. The number of aromatic nitrogens is 2. The average molecular weight is 308 g/mol. The van der Waals surface area contributed by atoms with Crippen LogP contribution in [0.1, 0.15) is 58.7 Å². The molecule has 0 saturated carbocycles. The van der Waals surface area contributed by atoms with Gasteiger partial charge in [0.15, 0.2) is 5.82 Å². The Labute approximate surface area is 132 Å². The summed E-state index contributed by atoms with van der Waals surface area (Å²) < 4.78 is 5.20. The van der Waals surface area contributed by atoms with Crippen LogP contribution in [-0.2, 0) is 16.6 Å². The molecule has 1 fully saturated rings. The molecule has 1 N–H and O–H groups in total. The summed E-state index contributed by atoms with van der Waals surface area (Å²) in [5.41, 5.74) is -0.129. The monoisotopic (exact) mass is 308 g/mol. The first kappa shape index (κ1) is 16.9. The van der Waals surface area contributed by atoms with Gasteiger partial charge >= 0.3 is 0 Å². The van der Waals surface area contributed by atoms with E-state index in [2.05, 4.69) is 27.3 Å². The lowest BCUT2D eigenvalue weighted by Gasteiger charge is -2.22. The number of aryl methyl sites for hydroxylation is 1. The molecule has 1 amide bonds. The van der Waals surface area contributed by atoms with Gasteiger partial charge in [0.1, 0.15) is 0 Å². The number of carbonyl (C=O) groups is 1. The smallest absolute Gasteiger partial charge is 0.227 e. The van der Waals surface area contributed by atoms with Gasteiger partial charge in [0.25, 0.3) is 0 Å². The molecular formula is C16H28N4O2. The molecule has 0 spiro atoms. The van der Waals surface area contributed by atoms with Gasteiger partial charge in [-0.3, -0.25) is 9.69 Å². The highest BCUT2D eigenvalue weighted by Gasteiger charge is 2.23. The van der Waals surface area contributed by atoms with E-state index in [1.165, 1.54) is 12.8 Å². The summed E-state index contributed by atoms with van der Waals surface area (Å²) >= 11 is 0. The van der Waals surface area contributed by atoms with Crippen LogP contribution in [0.25, 0.3) is 0 Å². The van der Waals surface area contributed by atoms with Crippen molar-refractivity contribution in [2.24, 2.45) is 0 Å². The molecule has 1 aromatic heterocycles. The molecule has 6 heteroatoms. The number of rotatable bonds is 6. The minimum Gasteiger partial charge on any atom is -0.355 e. The maximum Gasteiger partial charge on any atom is 0.227 e. The zero-order valence-electron chi connectivity index (χ0n) is 14.2. The van der Waals surface area contributed by atoms with Gasteiger partial charge in [0, 0.05) is 30.8 Å². The predicted octanol–water partition coefficient (Wildman–Crippen LogP) is 1.90. The summed E-state index contributed by atoms with van der Waals surface area (Å²) in [5, 5.41) is 7.00. The zero-order valence-corrected chi connectivity index (χ0v) is 14.2. The van der Waals surface area contributed by atoms with Crippen molar-refractivity contribution in [3.05, 3.63) is 11.7 Å². The van der Waals surface area contributed by atoms with Crippen LogP contribution >= 0.6 is 0 Å². The summed E-state index contributed by atoms with van der Waals surface area (Å²) in [6.45, 7) is 11.2. The van der Waals surface area contributed by atoms with Gasteiger partial charge in [-0.2, -0.15) is 4.98 Å². The van der Waals surface area contributed by atoms with Crippen LogP contribution in [0.3, 0.4) is 0 Å². The second kappa shape index (κ2) is 7.22. The van der Waals surface area contributed by atoms with Crippen LogP contribution in [0.2, 0.25) is 0 Å². The summed E-state index contributed by atoms with van der Waals surface area (Å²) in [7, 11) is 0. The number of likely N-dealkylation sites (tertiary alicyclic amines) is 1. The molecule has 0 bridgehead atoms. The fourth-order valence-corrected chi connectivity index (χ4v) is 2.74. The number of nitrogens with one attached hydrogen (secondary N) is 1. The Balaban J connectivity index is 1.72. The number of likely N-dealkylation sites (N-methyl/N-ethyl adjacent to an activating group) is 1. The average Bonchev–Trinajstić information content (AvgIpc) is 3.10. The Morgan fingerprint density at radius 2 is 2.23 bits per heavy atom. The maximum atomic E-state index is 12.0. The van der Waals surface area contributed by atoms with Gasteiger partial charge in [0.2, 0.25) is 11.8 Å². The van der Waals surface area contributed by atoms with E-state index >= 15 is 0 Å². The normalized spacial score (nSPS) is 19.5. The molecule has 124 valence electrons. The van der Waals surface area contributed by atoms with Crippen molar-refractivity contribution in [1.29, 1.82) is 0 Å². The lowest BCUT2D eigenvalue weighted by Crippen LogP contribution is -2.40. The quantitative estimate of drug-likeness (QED) is 0.869. The zero-order chi connectivity index (χ0) is 16.2. The SMILES string of the molecule is CCN1CCC[C@@H]1CNC(=O)CCc1nc(C(C)(C)C)no1. The van der Waals surface area contributed by atoms with E-state index in [0.29, 0.717) is 30.6 Å². The van der Waals surface area contributed by atoms with Gasteiger partial charge in [0.05, 0.1) is 0 Å².